The smallest absolute Gasteiger partial charge is 0.270 e. The molecule has 0 radical (unpaired) electrons. The van der Waals surface area contributed by atoms with Gasteiger partial charge in [0.1, 0.15) is 10.6 Å². The Balaban J connectivity index is 2.05. The van der Waals surface area contributed by atoms with Gasteiger partial charge in [-0.05, 0) is 47.6 Å². The van der Waals surface area contributed by atoms with Crippen LogP contribution in [0.4, 0.5) is 5.69 Å². The van der Waals surface area contributed by atoms with E-state index in [1.807, 2.05) is 13.8 Å². The van der Waals surface area contributed by atoms with Crippen LogP contribution in [0.3, 0.4) is 0 Å². The minimum absolute atomic E-state index is 0.00705. The van der Waals surface area contributed by atoms with E-state index in [1.54, 1.807) is 36.4 Å². The molecule has 3 rings (SSSR count). The average Bonchev–Trinajstić information content (AvgIpc) is 3.44. The van der Waals surface area contributed by atoms with E-state index in [9.17, 15) is 14.4 Å². The van der Waals surface area contributed by atoms with Crippen molar-refractivity contribution < 1.29 is 18.8 Å². The Labute approximate surface area is 206 Å². The number of nitrogens with zero attached hydrogens (tertiary/aromatic N) is 2. The van der Waals surface area contributed by atoms with E-state index in [-0.39, 0.29) is 28.6 Å². The number of hydrogen-bond acceptors (Lipinski definition) is 7. The number of primary amides is 1. The molecular weight excluding hydrogens is 478 g/mol. The van der Waals surface area contributed by atoms with E-state index < -0.39 is 23.8 Å². The maximum Gasteiger partial charge on any atom is 0.270 e. The van der Waals surface area contributed by atoms with E-state index in [2.05, 4.69) is 9.69 Å². The predicted octanol–water partition coefficient (Wildman–Crippen LogP) is 3.62. The summed E-state index contributed by atoms with van der Waals surface area (Å²) in [5.41, 5.74) is 11.6. The van der Waals surface area contributed by atoms with Gasteiger partial charge in [0.15, 0.2) is 11.7 Å². The van der Waals surface area contributed by atoms with Crippen LogP contribution in [0.5, 0.6) is 0 Å². The molecule has 9 nitrogen and oxygen atoms in total. The van der Waals surface area contributed by atoms with Crippen molar-refractivity contribution in [2.75, 3.05) is 12.3 Å². The second kappa shape index (κ2) is 11.2. The average molecular weight is 504 g/mol. The molecule has 11 heteroatoms. The van der Waals surface area contributed by atoms with E-state index >= 15 is 0 Å². The monoisotopic (exact) mass is 503 g/mol. The van der Waals surface area contributed by atoms with Gasteiger partial charge in [-0.15, -0.1) is 0 Å². The molecule has 3 aromatic rings. The number of benzene rings is 1. The Morgan fingerprint density at radius 3 is 2.53 bits per heavy atom. The Hall–Kier alpha value is -3.37. The topological polar surface area (TPSA) is 145 Å². The summed E-state index contributed by atoms with van der Waals surface area (Å²) in [5, 5.41) is 3.31. The van der Waals surface area contributed by atoms with Crippen LogP contribution in [0.2, 0.25) is 5.02 Å². The zero-order valence-electron chi connectivity index (χ0n) is 18.8. The van der Waals surface area contributed by atoms with Gasteiger partial charge in [-0.2, -0.15) is 4.37 Å². The zero-order valence-corrected chi connectivity index (χ0v) is 20.4. The molecule has 2 aromatic heterocycles. The van der Waals surface area contributed by atoms with E-state index in [0.29, 0.717) is 23.0 Å². The number of carbonyl (C=O) groups is 3. The fourth-order valence-corrected chi connectivity index (χ4v) is 4.26. The molecule has 1 aromatic carbocycles. The lowest BCUT2D eigenvalue weighted by atomic mass is 10.1. The first-order valence-corrected chi connectivity index (χ1v) is 11.8. The van der Waals surface area contributed by atoms with Gasteiger partial charge in [0.05, 0.1) is 12.0 Å². The lowest BCUT2D eigenvalue weighted by molar-refractivity contribution is -0.126. The maximum atomic E-state index is 13.7. The summed E-state index contributed by atoms with van der Waals surface area (Å²) < 4.78 is 9.47. The molecule has 0 aliphatic heterocycles. The summed E-state index contributed by atoms with van der Waals surface area (Å²) in [5.74, 6) is -1.23. The van der Waals surface area contributed by atoms with Crippen molar-refractivity contribution in [1.82, 2.24) is 14.6 Å². The van der Waals surface area contributed by atoms with Gasteiger partial charge in [0.25, 0.3) is 17.7 Å². The van der Waals surface area contributed by atoms with Gasteiger partial charge in [-0.25, -0.2) is 0 Å². The van der Waals surface area contributed by atoms with Crippen molar-refractivity contribution in [3.63, 3.8) is 0 Å². The Morgan fingerprint density at radius 2 is 1.94 bits per heavy atom. The molecule has 5 N–H and O–H groups in total. The molecule has 1 unspecified atom stereocenters. The molecule has 0 fully saturated rings. The van der Waals surface area contributed by atoms with Crippen molar-refractivity contribution in [3.8, 4) is 0 Å². The number of amides is 3. The first kappa shape index (κ1) is 25.3. The van der Waals surface area contributed by atoms with E-state index in [4.69, 9.17) is 27.5 Å². The molecular formula is C23H26ClN5O4S. The first-order chi connectivity index (χ1) is 16.2. The highest BCUT2D eigenvalue weighted by atomic mass is 35.5. The molecule has 3 amide bonds. The van der Waals surface area contributed by atoms with E-state index in [0.717, 1.165) is 18.0 Å². The quantitative estimate of drug-likeness (QED) is 0.385. The minimum Gasteiger partial charge on any atom is -0.467 e. The number of aromatic nitrogens is 1. The summed E-state index contributed by atoms with van der Waals surface area (Å²) in [6, 6.07) is 9.12. The highest BCUT2D eigenvalue weighted by molar-refractivity contribution is 7.09. The van der Waals surface area contributed by atoms with Crippen LogP contribution in [-0.4, -0.2) is 33.5 Å². The summed E-state index contributed by atoms with van der Waals surface area (Å²) in [7, 11) is 0. The SMILES string of the molecule is CC(C)CCNC(=O)C(c1ccco1)N(Cc1ccccc1Cl)C(=O)c1snc(C(N)=O)c1N. The molecule has 2 heterocycles. The first-order valence-electron chi connectivity index (χ1n) is 10.6. The summed E-state index contributed by atoms with van der Waals surface area (Å²) >= 11 is 7.11. The largest absolute Gasteiger partial charge is 0.467 e. The Kier molecular flexibility index (Phi) is 8.30. The van der Waals surface area contributed by atoms with Crippen molar-refractivity contribution in [1.29, 1.82) is 0 Å². The van der Waals surface area contributed by atoms with Crippen LogP contribution in [0, 0.1) is 5.92 Å². The second-order valence-corrected chi connectivity index (χ2v) is 9.23. The van der Waals surface area contributed by atoms with Crippen molar-refractivity contribution >= 4 is 46.5 Å². The number of nitrogen functional groups attached to an aromatic ring is 1. The summed E-state index contributed by atoms with van der Waals surface area (Å²) in [6.45, 7) is 4.50. The van der Waals surface area contributed by atoms with Crippen LogP contribution in [0.15, 0.2) is 47.1 Å². The normalized spacial score (nSPS) is 11.9. The molecule has 180 valence electrons. The minimum atomic E-state index is -1.12. The summed E-state index contributed by atoms with van der Waals surface area (Å²) in [6.07, 6.45) is 2.19. The van der Waals surface area contributed by atoms with Crippen LogP contribution < -0.4 is 16.8 Å². The third-order valence-corrected chi connectivity index (χ3v) is 6.33. The number of nitrogens with one attached hydrogen (secondary N) is 1. The standard InChI is InChI=1S/C23H26ClN5O4S/c1-13(2)9-10-27-22(31)19(16-8-5-11-33-16)29(12-14-6-3-4-7-15(14)24)23(32)20-17(25)18(21(26)30)28-34-20/h3-8,11,13,19H,9-10,12,25H2,1-2H3,(H2,26,30)(H,27,31). The lowest BCUT2D eigenvalue weighted by Crippen LogP contribution is -2.43. The van der Waals surface area contributed by atoms with Gasteiger partial charge in [0.2, 0.25) is 0 Å². The third-order valence-electron chi connectivity index (χ3n) is 5.11. The van der Waals surface area contributed by atoms with Crippen LogP contribution in [0.25, 0.3) is 0 Å². The van der Waals surface area contributed by atoms with Crippen LogP contribution in [0.1, 0.15) is 57.8 Å². The zero-order chi connectivity index (χ0) is 24.8. The van der Waals surface area contributed by atoms with Crippen LogP contribution >= 0.6 is 23.1 Å². The second-order valence-electron chi connectivity index (χ2n) is 8.05. The van der Waals surface area contributed by atoms with Crippen molar-refractivity contribution in [2.45, 2.75) is 32.9 Å². The number of carbonyl (C=O) groups excluding carboxylic acids is 3. The predicted molar refractivity (Wildman–Crippen MR) is 130 cm³/mol. The molecule has 0 aliphatic carbocycles. The van der Waals surface area contributed by atoms with Gasteiger partial charge in [0, 0.05) is 18.1 Å². The van der Waals surface area contributed by atoms with Gasteiger partial charge in [-0.1, -0.05) is 43.6 Å². The number of anilines is 1. The number of nitrogens with two attached hydrogens (primary N) is 2. The summed E-state index contributed by atoms with van der Waals surface area (Å²) in [4.78, 5) is 40.0. The molecule has 0 saturated heterocycles. The third kappa shape index (κ3) is 5.75. The maximum absolute atomic E-state index is 13.7. The number of rotatable bonds is 10. The molecule has 34 heavy (non-hydrogen) atoms. The van der Waals surface area contributed by atoms with Crippen LogP contribution in [-0.2, 0) is 11.3 Å². The lowest BCUT2D eigenvalue weighted by Gasteiger charge is -2.30. The van der Waals surface area contributed by atoms with Gasteiger partial charge >= 0.3 is 0 Å². The molecule has 0 spiro atoms. The molecule has 0 aliphatic rings. The fourth-order valence-electron chi connectivity index (χ4n) is 3.30. The molecule has 1 atom stereocenters. The number of halogens is 1. The van der Waals surface area contributed by atoms with Crippen molar-refractivity contribution in [2.24, 2.45) is 11.7 Å². The molecule has 0 bridgehead atoms. The van der Waals surface area contributed by atoms with Gasteiger partial charge < -0.3 is 26.1 Å². The highest BCUT2D eigenvalue weighted by Crippen LogP contribution is 2.31. The Morgan fingerprint density at radius 1 is 1.21 bits per heavy atom. The van der Waals surface area contributed by atoms with E-state index in [1.165, 1.54) is 11.2 Å². The Bertz CT molecular complexity index is 1160. The van der Waals surface area contributed by atoms with Crippen molar-refractivity contribution in [3.05, 3.63) is 69.6 Å². The molecule has 0 saturated carbocycles. The number of furan rings is 1. The fraction of sp³-hybridized carbons (Fsp3) is 0.304. The highest BCUT2D eigenvalue weighted by Gasteiger charge is 2.36. The van der Waals surface area contributed by atoms with Gasteiger partial charge in [-0.3, -0.25) is 14.4 Å². The number of hydrogen-bond donors (Lipinski definition) is 3.